The number of hydrogen-bond donors (Lipinski definition) is 2. The van der Waals surface area contributed by atoms with Gasteiger partial charge in [0.25, 0.3) is 0 Å². The quantitative estimate of drug-likeness (QED) is 0.883. The molecule has 122 valence electrons. The number of carbonyl (C=O) groups is 1. The van der Waals surface area contributed by atoms with Crippen LogP contribution in [0.2, 0.25) is 0 Å². The van der Waals surface area contributed by atoms with Crippen LogP contribution in [0, 0.1) is 0 Å². The van der Waals surface area contributed by atoms with Gasteiger partial charge < -0.3 is 15.4 Å². The summed E-state index contributed by atoms with van der Waals surface area (Å²) in [5.74, 6) is 0. The van der Waals surface area contributed by atoms with E-state index in [0.717, 1.165) is 35.7 Å². The SMILES string of the molecule is C[C@@H](NC(=O)NC[C@@H]1CCCO1)c1nc(-c2ccccc2)cs1. The zero-order valence-electron chi connectivity index (χ0n) is 13.1. The summed E-state index contributed by atoms with van der Waals surface area (Å²) >= 11 is 1.56. The number of aromatic nitrogens is 1. The molecule has 0 spiro atoms. The highest BCUT2D eigenvalue weighted by Crippen LogP contribution is 2.25. The Kier molecular flexibility index (Phi) is 5.25. The van der Waals surface area contributed by atoms with Gasteiger partial charge >= 0.3 is 6.03 Å². The lowest BCUT2D eigenvalue weighted by Crippen LogP contribution is -2.40. The van der Waals surface area contributed by atoms with E-state index in [1.54, 1.807) is 11.3 Å². The van der Waals surface area contributed by atoms with Crippen LogP contribution in [-0.4, -0.2) is 30.3 Å². The first-order valence-corrected chi connectivity index (χ1v) is 8.77. The molecule has 23 heavy (non-hydrogen) atoms. The number of benzene rings is 1. The summed E-state index contributed by atoms with van der Waals surface area (Å²) < 4.78 is 5.49. The molecular formula is C17H21N3O2S. The van der Waals surface area contributed by atoms with E-state index in [1.165, 1.54) is 0 Å². The van der Waals surface area contributed by atoms with Gasteiger partial charge in [0.1, 0.15) is 5.01 Å². The molecule has 1 aliphatic rings. The Labute approximate surface area is 140 Å². The highest BCUT2D eigenvalue weighted by Gasteiger charge is 2.18. The summed E-state index contributed by atoms with van der Waals surface area (Å²) in [6.45, 7) is 3.30. The molecular weight excluding hydrogens is 310 g/mol. The van der Waals surface area contributed by atoms with Crippen LogP contribution in [0.1, 0.15) is 30.8 Å². The van der Waals surface area contributed by atoms with Crippen molar-refractivity contribution in [2.75, 3.05) is 13.2 Å². The smallest absolute Gasteiger partial charge is 0.315 e. The van der Waals surface area contributed by atoms with Crippen LogP contribution >= 0.6 is 11.3 Å². The van der Waals surface area contributed by atoms with Crippen LogP contribution < -0.4 is 10.6 Å². The summed E-state index contributed by atoms with van der Waals surface area (Å²) in [5.41, 5.74) is 2.03. The zero-order valence-corrected chi connectivity index (χ0v) is 13.9. The molecule has 6 heteroatoms. The van der Waals surface area contributed by atoms with Crippen LogP contribution in [-0.2, 0) is 4.74 Å². The molecule has 0 aliphatic carbocycles. The molecule has 3 rings (SSSR count). The molecule has 1 saturated heterocycles. The van der Waals surface area contributed by atoms with E-state index in [9.17, 15) is 4.79 Å². The van der Waals surface area contributed by atoms with Gasteiger partial charge in [-0.3, -0.25) is 0 Å². The Morgan fingerprint density at radius 2 is 2.26 bits per heavy atom. The summed E-state index contributed by atoms with van der Waals surface area (Å²) in [7, 11) is 0. The highest BCUT2D eigenvalue weighted by atomic mass is 32.1. The molecule has 2 heterocycles. The lowest BCUT2D eigenvalue weighted by atomic mass is 10.2. The van der Waals surface area contributed by atoms with E-state index in [2.05, 4.69) is 15.6 Å². The molecule has 2 N–H and O–H groups in total. The molecule has 2 atom stereocenters. The number of thiazole rings is 1. The molecule has 1 aromatic carbocycles. The minimum atomic E-state index is -0.176. The number of hydrogen-bond acceptors (Lipinski definition) is 4. The van der Waals surface area contributed by atoms with Crippen molar-refractivity contribution in [2.45, 2.75) is 31.9 Å². The Bertz CT molecular complexity index is 638. The number of carbonyl (C=O) groups excluding carboxylic acids is 1. The van der Waals surface area contributed by atoms with E-state index in [-0.39, 0.29) is 18.2 Å². The summed E-state index contributed by atoms with van der Waals surface area (Å²) in [4.78, 5) is 16.6. The Morgan fingerprint density at radius 1 is 1.43 bits per heavy atom. The standard InChI is InChI=1S/C17H21N3O2S/c1-12(19-17(21)18-10-14-8-5-9-22-14)16-20-15(11-23-16)13-6-3-2-4-7-13/h2-4,6-7,11-12,14H,5,8-10H2,1H3,(H2,18,19,21)/t12-,14+/m1/s1. The van der Waals surface area contributed by atoms with Crippen LogP contribution in [0.25, 0.3) is 11.3 Å². The minimum Gasteiger partial charge on any atom is -0.376 e. The van der Waals surface area contributed by atoms with Gasteiger partial charge in [-0.1, -0.05) is 30.3 Å². The molecule has 1 aromatic heterocycles. The third kappa shape index (κ3) is 4.30. The van der Waals surface area contributed by atoms with Crippen LogP contribution in [0.15, 0.2) is 35.7 Å². The van der Waals surface area contributed by atoms with Gasteiger partial charge in [0.05, 0.1) is 17.8 Å². The van der Waals surface area contributed by atoms with Gasteiger partial charge in [-0.05, 0) is 19.8 Å². The normalized spacial score (nSPS) is 18.6. The first-order chi connectivity index (χ1) is 11.2. The van der Waals surface area contributed by atoms with Crippen molar-refractivity contribution in [1.29, 1.82) is 0 Å². The van der Waals surface area contributed by atoms with E-state index in [1.807, 2.05) is 42.6 Å². The predicted molar refractivity (Wildman–Crippen MR) is 91.5 cm³/mol. The maximum Gasteiger partial charge on any atom is 0.315 e. The molecule has 2 amide bonds. The van der Waals surface area contributed by atoms with Gasteiger partial charge in [0.15, 0.2) is 0 Å². The van der Waals surface area contributed by atoms with Crippen LogP contribution in [0.3, 0.4) is 0 Å². The maximum absolute atomic E-state index is 12.0. The number of rotatable bonds is 5. The molecule has 2 aromatic rings. The first kappa shape index (κ1) is 16.0. The fourth-order valence-corrected chi connectivity index (χ4v) is 3.38. The van der Waals surface area contributed by atoms with Gasteiger partial charge in [-0.15, -0.1) is 11.3 Å². The van der Waals surface area contributed by atoms with Gasteiger partial charge in [-0.25, -0.2) is 9.78 Å². The predicted octanol–water partition coefficient (Wildman–Crippen LogP) is 3.35. The molecule has 1 fully saturated rings. The van der Waals surface area contributed by atoms with E-state index >= 15 is 0 Å². The van der Waals surface area contributed by atoms with E-state index in [0.29, 0.717) is 6.54 Å². The van der Waals surface area contributed by atoms with Crippen molar-refractivity contribution in [1.82, 2.24) is 15.6 Å². The van der Waals surface area contributed by atoms with Gasteiger partial charge in [0, 0.05) is 24.1 Å². The highest BCUT2D eigenvalue weighted by molar-refractivity contribution is 7.10. The molecule has 5 nitrogen and oxygen atoms in total. The number of nitrogens with one attached hydrogen (secondary N) is 2. The fraction of sp³-hybridized carbons (Fsp3) is 0.412. The number of urea groups is 1. The molecule has 0 radical (unpaired) electrons. The Hall–Kier alpha value is -1.92. The Balaban J connectivity index is 1.52. The van der Waals surface area contributed by atoms with Crippen molar-refractivity contribution in [3.05, 3.63) is 40.7 Å². The molecule has 0 unspecified atom stereocenters. The number of amides is 2. The topological polar surface area (TPSA) is 63.2 Å². The fourth-order valence-electron chi connectivity index (χ4n) is 2.55. The van der Waals surface area contributed by atoms with Crippen molar-refractivity contribution >= 4 is 17.4 Å². The second-order valence-electron chi connectivity index (χ2n) is 5.65. The largest absolute Gasteiger partial charge is 0.376 e. The van der Waals surface area contributed by atoms with Crippen molar-refractivity contribution < 1.29 is 9.53 Å². The van der Waals surface area contributed by atoms with Crippen LogP contribution in [0.4, 0.5) is 4.79 Å². The van der Waals surface area contributed by atoms with Crippen molar-refractivity contribution in [2.24, 2.45) is 0 Å². The minimum absolute atomic E-state index is 0.123. The number of nitrogens with zero attached hydrogens (tertiary/aromatic N) is 1. The number of ether oxygens (including phenoxy) is 1. The zero-order chi connectivity index (χ0) is 16.1. The summed E-state index contributed by atoms with van der Waals surface area (Å²) in [6.07, 6.45) is 2.25. The summed E-state index contributed by atoms with van der Waals surface area (Å²) in [6, 6.07) is 9.74. The molecule has 0 saturated carbocycles. The average Bonchev–Trinajstić information content (AvgIpc) is 3.25. The average molecular weight is 331 g/mol. The summed E-state index contributed by atoms with van der Waals surface area (Å²) in [5, 5.41) is 8.71. The van der Waals surface area contributed by atoms with E-state index in [4.69, 9.17) is 4.74 Å². The third-order valence-electron chi connectivity index (χ3n) is 3.82. The molecule has 0 bridgehead atoms. The van der Waals surface area contributed by atoms with Crippen LogP contribution in [0.5, 0.6) is 0 Å². The van der Waals surface area contributed by atoms with E-state index < -0.39 is 0 Å². The maximum atomic E-state index is 12.0. The van der Waals surface area contributed by atoms with Gasteiger partial charge in [-0.2, -0.15) is 0 Å². The first-order valence-electron chi connectivity index (χ1n) is 7.89. The van der Waals surface area contributed by atoms with Crippen molar-refractivity contribution in [3.8, 4) is 11.3 Å². The monoisotopic (exact) mass is 331 g/mol. The molecule has 1 aliphatic heterocycles. The lowest BCUT2D eigenvalue weighted by molar-refractivity contribution is 0.111. The van der Waals surface area contributed by atoms with Crippen molar-refractivity contribution in [3.63, 3.8) is 0 Å². The lowest BCUT2D eigenvalue weighted by Gasteiger charge is -2.14. The Morgan fingerprint density at radius 3 is 3.00 bits per heavy atom. The third-order valence-corrected chi connectivity index (χ3v) is 4.85. The van der Waals surface area contributed by atoms with Gasteiger partial charge in [0.2, 0.25) is 0 Å². The second-order valence-corrected chi connectivity index (χ2v) is 6.54. The second kappa shape index (κ2) is 7.57.